The predicted octanol–water partition coefficient (Wildman–Crippen LogP) is 5.19. The first kappa shape index (κ1) is 15.9. The van der Waals surface area contributed by atoms with E-state index in [1.807, 2.05) is 30.3 Å². The molecule has 0 fully saturated rings. The van der Waals surface area contributed by atoms with E-state index >= 15 is 0 Å². The summed E-state index contributed by atoms with van der Waals surface area (Å²) >= 11 is 6.30. The maximum absolute atomic E-state index is 6.30. The van der Waals surface area contributed by atoms with Gasteiger partial charge in [-0.25, -0.2) is 0 Å². The average molecular weight is 304 g/mol. The highest BCUT2D eigenvalue weighted by Gasteiger charge is 2.09. The largest absolute Gasteiger partial charge is 0.455 e. The third kappa shape index (κ3) is 4.48. The Hall–Kier alpha value is -1.51. The number of benzene rings is 2. The van der Waals surface area contributed by atoms with Gasteiger partial charge in [0.1, 0.15) is 11.5 Å². The van der Waals surface area contributed by atoms with Crippen molar-refractivity contribution >= 4 is 11.6 Å². The van der Waals surface area contributed by atoms with Gasteiger partial charge in [-0.05, 0) is 43.1 Å². The highest BCUT2D eigenvalue weighted by molar-refractivity contribution is 6.32. The normalized spacial score (nSPS) is 10.6. The van der Waals surface area contributed by atoms with E-state index in [2.05, 4.69) is 31.3 Å². The number of para-hydroxylation sites is 1. The van der Waals surface area contributed by atoms with Crippen molar-refractivity contribution in [2.24, 2.45) is 0 Å². The lowest BCUT2D eigenvalue weighted by Gasteiger charge is -2.13. The molecule has 0 saturated carbocycles. The fourth-order valence-electron chi connectivity index (χ4n) is 2.12. The average Bonchev–Trinajstić information content (AvgIpc) is 2.51. The maximum atomic E-state index is 6.30. The Bertz CT molecular complexity index is 566. The predicted molar refractivity (Wildman–Crippen MR) is 89.3 cm³/mol. The molecule has 2 aromatic carbocycles. The van der Waals surface area contributed by atoms with E-state index in [1.54, 1.807) is 0 Å². The molecule has 0 bridgehead atoms. The lowest BCUT2D eigenvalue weighted by atomic mass is 10.1. The molecule has 2 aromatic rings. The molecule has 2 nitrogen and oxygen atoms in total. The van der Waals surface area contributed by atoms with Crippen molar-refractivity contribution in [2.45, 2.75) is 33.2 Å². The zero-order chi connectivity index (χ0) is 15.1. The van der Waals surface area contributed by atoms with Gasteiger partial charge in [0, 0.05) is 12.1 Å². The third-order valence-electron chi connectivity index (χ3n) is 3.34. The molecular formula is C18H22ClNO. The minimum Gasteiger partial charge on any atom is -0.455 e. The van der Waals surface area contributed by atoms with Crippen molar-refractivity contribution in [1.82, 2.24) is 5.32 Å². The summed E-state index contributed by atoms with van der Waals surface area (Å²) in [6, 6.07) is 14.0. The zero-order valence-electron chi connectivity index (χ0n) is 12.7. The van der Waals surface area contributed by atoms with Gasteiger partial charge >= 0.3 is 0 Å². The number of hydrogen-bond donors (Lipinski definition) is 1. The summed E-state index contributed by atoms with van der Waals surface area (Å²) in [6.07, 6.45) is 2.13. The van der Waals surface area contributed by atoms with Crippen LogP contribution in [-0.4, -0.2) is 6.54 Å². The SMILES string of the molecule is CCCNCc1cccc(Cl)c1Oc1ccc(CC)cc1. The summed E-state index contributed by atoms with van der Waals surface area (Å²) < 4.78 is 6.00. The lowest BCUT2D eigenvalue weighted by Crippen LogP contribution is -2.14. The first-order valence-corrected chi connectivity index (χ1v) is 7.87. The highest BCUT2D eigenvalue weighted by atomic mass is 35.5. The Kier molecular flexibility index (Phi) is 6.09. The third-order valence-corrected chi connectivity index (χ3v) is 3.64. The summed E-state index contributed by atoms with van der Waals surface area (Å²) in [5, 5.41) is 4.03. The molecule has 0 aliphatic carbocycles. The smallest absolute Gasteiger partial charge is 0.150 e. The van der Waals surface area contributed by atoms with Crippen molar-refractivity contribution in [3.63, 3.8) is 0 Å². The number of hydrogen-bond acceptors (Lipinski definition) is 2. The van der Waals surface area contributed by atoms with Crippen LogP contribution >= 0.6 is 11.6 Å². The summed E-state index contributed by atoms with van der Waals surface area (Å²) in [5.74, 6) is 1.56. The minimum absolute atomic E-state index is 0.644. The summed E-state index contributed by atoms with van der Waals surface area (Å²) in [4.78, 5) is 0. The van der Waals surface area contributed by atoms with E-state index in [0.29, 0.717) is 5.02 Å². The molecule has 0 amide bonds. The Morgan fingerprint density at radius 3 is 2.48 bits per heavy atom. The van der Waals surface area contributed by atoms with E-state index in [0.717, 1.165) is 43.0 Å². The van der Waals surface area contributed by atoms with Crippen molar-refractivity contribution in [3.05, 3.63) is 58.6 Å². The van der Waals surface area contributed by atoms with E-state index in [9.17, 15) is 0 Å². The minimum atomic E-state index is 0.644. The molecule has 0 aliphatic rings. The van der Waals surface area contributed by atoms with Crippen LogP contribution in [0, 0.1) is 0 Å². The number of aryl methyl sites for hydroxylation is 1. The van der Waals surface area contributed by atoms with Crippen LogP contribution in [0.25, 0.3) is 0 Å². The van der Waals surface area contributed by atoms with Crippen molar-refractivity contribution < 1.29 is 4.74 Å². The first-order valence-electron chi connectivity index (χ1n) is 7.49. The second-order valence-corrected chi connectivity index (χ2v) is 5.41. The summed E-state index contributed by atoms with van der Waals surface area (Å²) in [7, 11) is 0. The fourth-order valence-corrected chi connectivity index (χ4v) is 2.35. The van der Waals surface area contributed by atoms with Crippen LogP contribution in [0.5, 0.6) is 11.5 Å². The molecule has 3 heteroatoms. The molecule has 21 heavy (non-hydrogen) atoms. The van der Waals surface area contributed by atoms with Crippen molar-refractivity contribution in [1.29, 1.82) is 0 Å². The first-order chi connectivity index (χ1) is 10.2. The van der Waals surface area contributed by atoms with Crippen LogP contribution < -0.4 is 10.1 Å². The second kappa shape index (κ2) is 8.06. The maximum Gasteiger partial charge on any atom is 0.150 e. The Morgan fingerprint density at radius 1 is 1.05 bits per heavy atom. The molecule has 0 unspecified atom stereocenters. The van der Waals surface area contributed by atoms with E-state index in [1.165, 1.54) is 5.56 Å². The van der Waals surface area contributed by atoms with Gasteiger partial charge in [0.05, 0.1) is 5.02 Å². The lowest BCUT2D eigenvalue weighted by molar-refractivity contribution is 0.472. The monoisotopic (exact) mass is 303 g/mol. The summed E-state index contributed by atoms with van der Waals surface area (Å²) in [5.41, 5.74) is 2.38. The highest BCUT2D eigenvalue weighted by Crippen LogP contribution is 2.33. The van der Waals surface area contributed by atoms with Gasteiger partial charge in [0.2, 0.25) is 0 Å². The van der Waals surface area contributed by atoms with Crippen molar-refractivity contribution in [2.75, 3.05) is 6.54 Å². The number of nitrogens with one attached hydrogen (secondary N) is 1. The number of rotatable bonds is 7. The Morgan fingerprint density at radius 2 is 1.81 bits per heavy atom. The van der Waals surface area contributed by atoms with Crippen LogP contribution in [0.15, 0.2) is 42.5 Å². The zero-order valence-corrected chi connectivity index (χ0v) is 13.4. The second-order valence-electron chi connectivity index (χ2n) is 5.00. The molecule has 1 N–H and O–H groups in total. The van der Waals surface area contributed by atoms with Gasteiger partial charge < -0.3 is 10.1 Å². The van der Waals surface area contributed by atoms with E-state index in [4.69, 9.17) is 16.3 Å². The molecule has 0 aliphatic heterocycles. The standard InChI is InChI=1S/C18H22ClNO/c1-3-12-20-13-15-6-5-7-17(19)18(15)21-16-10-8-14(4-2)9-11-16/h5-11,20H,3-4,12-13H2,1-2H3. The number of halogens is 1. The molecule has 2 rings (SSSR count). The van der Waals surface area contributed by atoms with Crippen LogP contribution in [0.1, 0.15) is 31.4 Å². The molecule has 0 atom stereocenters. The van der Waals surface area contributed by atoms with Crippen LogP contribution in [0.3, 0.4) is 0 Å². The molecular weight excluding hydrogens is 282 g/mol. The van der Waals surface area contributed by atoms with Crippen molar-refractivity contribution in [3.8, 4) is 11.5 Å². The fraction of sp³-hybridized carbons (Fsp3) is 0.333. The van der Waals surface area contributed by atoms with Gasteiger partial charge in [0.25, 0.3) is 0 Å². The molecule has 0 heterocycles. The van der Waals surface area contributed by atoms with Crippen LogP contribution in [0.4, 0.5) is 0 Å². The van der Waals surface area contributed by atoms with Gasteiger partial charge in [-0.15, -0.1) is 0 Å². The molecule has 0 aromatic heterocycles. The van der Waals surface area contributed by atoms with Gasteiger partial charge in [0.15, 0.2) is 0 Å². The quantitative estimate of drug-likeness (QED) is 0.710. The van der Waals surface area contributed by atoms with Gasteiger partial charge in [-0.2, -0.15) is 0 Å². The topological polar surface area (TPSA) is 21.3 Å². The van der Waals surface area contributed by atoms with Gasteiger partial charge in [-0.1, -0.05) is 49.7 Å². The van der Waals surface area contributed by atoms with Crippen LogP contribution in [0.2, 0.25) is 5.02 Å². The van der Waals surface area contributed by atoms with Gasteiger partial charge in [-0.3, -0.25) is 0 Å². The Labute approximate surface area is 132 Å². The Balaban J connectivity index is 2.16. The molecule has 112 valence electrons. The summed E-state index contributed by atoms with van der Waals surface area (Å²) in [6.45, 7) is 6.03. The van der Waals surface area contributed by atoms with Crippen LogP contribution in [-0.2, 0) is 13.0 Å². The molecule has 0 saturated heterocycles. The number of ether oxygens (including phenoxy) is 1. The molecule has 0 radical (unpaired) electrons. The molecule has 0 spiro atoms. The van der Waals surface area contributed by atoms with E-state index in [-0.39, 0.29) is 0 Å². The van der Waals surface area contributed by atoms with E-state index < -0.39 is 0 Å².